The number of hydrogen-bond acceptors (Lipinski definition) is 3. The fourth-order valence-corrected chi connectivity index (χ4v) is 1.22. The maximum atomic E-state index is 8.69. The van der Waals surface area contributed by atoms with Crippen LogP contribution in [0, 0.1) is 11.3 Å². The minimum atomic E-state index is 0.473. The Morgan fingerprint density at radius 1 is 1.43 bits per heavy atom. The van der Waals surface area contributed by atoms with Crippen LogP contribution in [0.5, 0.6) is 0 Å². The molecular formula is C10H8N4. The number of nitrogens with zero attached hydrogens (tertiary/aromatic N) is 3. The highest BCUT2D eigenvalue weighted by atomic mass is 15.3. The van der Waals surface area contributed by atoms with Crippen LogP contribution < -0.4 is 5.73 Å². The molecule has 0 atom stereocenters. The standard InChI is InChI=1S/C10H8N4/c11-7-8-2-3-9(6-10(8)12)14-5-1-4-13-14/h1-6H,12H2. The van der Waals surface area contributed by atoms with Gasteiger partial charge in [0.1, 0.15) is 6.07 Å². The molecule has 4 nitrogen and oxygen atoms in total. The van der Waals surface area contributed by atoms with Gasteiger partial charge in [-0.05, 0) is 24.3 Å². The van der Waals surface area contributed by atoms with Gasteiger partial charge in [-0.25, -0.2) is 4.68 Å². The molecule has 0 fully saturated rings. The number of nitriles is 1. The Morgan fingerprint density at radius 3 is 2.86 bits per heavy atom. The molecule has 1 aromatic heterocycles. The third kappa shape index (κ3) is 1.31. The number of aromatic nitrogens is 2. The highest BCUT2D eigenvalue weighted by Crippen LogP contribution is 2.15. The Bertz CT molecular complexity index is 479. The highest BCUT2D eigenvalue weighted by molar-refractivity contribution is 5.58. The fraction of sp³-hybridized carbons (Fsp3) is 0. The first-order valence-corrected chi connectivity index (χ1v) is 4.11. The first-order chi connectivity index (χ1) is 6.81. The third-order valence-corrected chi connectivity index (χ3v) is 1.92. The molecule has 0 aliphatic rings. The molecule has 4 heteroatoms. The number of nitrogens with two attached hydrogens (primary N) is 1. The Hall–Kier alpha value is -2.28. The van der Waals surface area contributed by atoms with Crippen LogP contribution >= 0.6 is 0 Å². The molecule has 2 N–H and O–H groups in total. The van der Waals surface area contributed by atoms with E-state index in [4.69, 9.17) is 11.0 Å². The summed E-state index contributed by atoms with van der Waals surface area (Å²) in [5.74, 6) is 0. The van der Waals surface area contributed by atoms with Crippen molar-refractivity contribution in [2.24, 2.45) is 0 Å². The van der Waals surface area contributed by atoms with Crippen molar-refractivity contribution in [3.05, 3.63) is 42.2 Å². The van der Waals surface area contributed by atoms with Crippen LogP contribution in [-0.2, 0) is 0 Å². The van der Waals surface area contributed by atoms with Crippen molar-refractivity contribution in [2.75, 3.05) is 5.73 Å². The van der Waals surface area contributed by atoms with E-state index in [0.717, 1.165) is 5.69 Å². The fourth-order valence-electron chi connectivity index (χ4n) is 1.22. The summed E-state index contributed by atoms with van der Waals surface area (Å²) in [5.41, 5.74) is 7.49. The summed E-state index contributed by atoms with van der Waals surface area (Å²) in [6.07, 6.45) is 3.51. The lowest BCUT2D eigenvalue weighted by molar-refractivity contribution is 0.881. The smallest absolute Gasteiger partial charge is 0.101 e. The molecule has 0 spiro atoms. The first kappa shape index (κ1) is 8.32. The van der Waals surface area contributed by atoms with Crippen molar-refractivity contribution in [1.82, 2.24) is 9.78 Å². The number of rotatable bonds is 1. The maximum absolute atomic E-state index is 8.69. The normalized spacial score (nSPS) is 9.64. The molecule has 2 aromatic rings. The lowest BCUT2D eigenvalue weighted by atomic mass is 10.2. The van der Waals surface area contributed by atoms with Gasteiger partial charge < -0.3 is 5.73 Å². The van der Waals surface area contributed by atoms with Gasteiger partial charge in [-0.2, -0.15) is 10.4 Å². The molecule has 0 aliphatic heterocycles. The number of anilines is 1. The quantitative estimate of drug-likeness (QED) is 0.680. The maximum Gasteiger partial charge on any atom is 0.101 e. The van der Waals surface area contributed by atoms with E-state index < -0.39 is 0 Å². The van der Waals surface area contributed by atoms with Crippen LogP contribution in [0.2, 0.25) is 0 Å². The third-order valence-electron chi connectivity index (χ3n) is 1.92. The lowest BCUT2D eigenvalue weighted by Crippen LogP contribution is -1.97. The van der Waals surface area contributed by atoms with E-state index in [2.05, 4.69) is 5.10 Å². The Balaban J connectivity index is 2.49. The summed E-state index contributed by atoms with van der Waals surface area (Å²) in [6, 6.07) is 9.06. The van der Waals surface area contributed by atoms with Gasteiger partial charge in [-0.15, -0.1) is 0 Å². The minimum absolute atomic E-state index is 0.473. The molecule has 68 valence electrons. The Kier molecular flexibility index (Phi) is 1.92. The molecule has 0 saturated carbocycles. The van der Waals surface area contributed by atoms with Crippen molar-refractivity contribution in [3.8, 4) is 11.8 Å². The van der Waals surface area contributed by atoms with Gasteiger partial charge in [-0.1, -0.05) is 0 Å². The van der Waals surface area contributed by atoms with Crippen LogP contribution in [0.4, 0.5) is 5.69 Å². The summed E-state index contributed by atoms with van der Waals surface area (Å²) >= 11 is 0. The second-order valence-electron chi connectivity index (χ2n) is 2.83. The van der Waals surface area contributed by atoms with Crippen molar-refractivity contribution < 1.29 is 0 Å². The summed E-state index contributed by atoms with van der Waals surface area (Å²) in [4.78, 5) is 0. The molecule has 1 aromatic carbocycles. The molecule has 0 amide bonds. The second kappa shape index (κ2) is 3.23. The molecule has 14 heavy (non-hydrogen) atoms. The molecule has 0 aliphatic carbocycles. The van der Waals surface area contributed by atoms with E-state index in [0.29, 0.717) is 11.3 Å². The number of nitrogen functional groups attached to an aromatic ring is 1. The molecule has 0 radical (unpaired) electrons. The van der Waals surface area contributed by atoms with Gasteiger partial charge in [0.05, 0.1) is 16.9 Å². The Morgan fingerprint density at radius 2 is 2.29 bits per heavy atom. The minimum Gasteiger partial charge on any atom is -0.398 e. The molecule has 2 rings (SSSR count). The highest BCUT2D eigenvalue weighted by Gasteiger charge is 2.00. The second-order valence-corrected chi connectivity index (χ2v) is 2.83. The summed E-state index contributed by atoms with van der Waals surface area (Å²) in [7, 11) is 0. The van der Waals surface area contributed by atoms with Gasteiger partial charge in [0.15, 0.2) is 0 Å². The van der Waals surface area contributed by atoms with Gasteiger partial charge in [-0.3, -0.25) is 0 Å². The van der Waals surface area contributed by atoms with E-state index >= 15 is 0 Å². The zero-order valence-electron chi connectivity index (χ0n) is 7.38. The van der Waals surface area contributed by atoms with E-state index in [1.54, 1.807) is 23.0 Å². The SMILES string of the molecule is N#Cc1ccc(-n2cccn2)cc1N. The molecule has 0 saturated heterocycles. The van der Waals surface area contributed by atoms with Crippen molar-refractivity contribution in [2.45, 2.75) is 0 Å². The monoisotopic (exact) mass is 184 g/mol. The average Bonchev–Trinajstić information content (AvgIpc) is 2.70. The van der Waals surface area contributed by atoms with Gasteiger partial charge in [0.25, 0.3) is 0 Å². The van der Waals surface area contributed by atoms with E-state index in [9.17, 15) is 0 Å². The summed E-state index contributed by atoms with van der Waals surface area (Å²) in [6.45, 7) is 0. The first-order valence-electron chi connectivity index (χ1n) is 4.11. The number of benzene rings is 1. The van der Waals surface area contributed by atoms with Crippen molar-refractivity contribution in [1.29, 1.82) is 5.26 Å². The van der Waals surface area contributed by atoms with E-state index in [1.165, 1.54) is 0 Å². The molecule has 0 bridgehead atoms. The predicted molar refractivity (Wildman–Crippen MR) is 52.7 cm³/mol. The lowest BCUT2D eigenvalue weighted by Gasteiger charge is -2.03. The largest absolute Gasteiger partial charge is 0.398 e. The van der Waals surface area contributed by atoms with Crippen LogP contribution in [0.25, 0.3) is 5.69 Å². The van der Waals surface area contributed by atoms with Crippen LogP contribution in [0.1, 0.15) is 5.56 Å². The zero-order valence-corrected chi connectivity index (χ0v) is 7.38. The van der Waals surface area contributed by atoms with Crippen LogP contribution in [-0.4, -0.2) is 9.78 Å². The zero-order chi connectivity index (χ0) is 9.97. The topological polar surface area (TPSA) is 67.6 Å². The Labute approximate surface area is 81.2 Å². The molecule has 0 unspecified atom stereocenters. The van der Waals surface area contributed by atoms with Gasteiger partial charge >= 0.3 is 0 Å². The van der Waals surface area contributed by atoms with E-state index in [-0.39, 0.29) is 0 Å². The molecular weight excluding hydrogens is 176 g/mol. The summed E-state index contributed by atoms with van der Waals surface area (Å²) in [5, 5.41) is 12.7. The summed E-state index contributed by atoms with van der Waals surface area (Å²) < 4.78 is 1.69. The van der Waals surface area contributed by atoms with Gasteiger partial charge in [0, 0.05) is 12.4 Å². The number of hydrogen-bond donors (Lipinski definition) is 1. The average molecular weight is 184 g/mol. The van der Waals surface area contributed by atoms with Crippen molar-refractivity contribution in [3.63, 3.8) is 0 Å². The van der Waals surface area contributed by atoms with Crippen molar-refractivity contribution >= 4 is 5.69 Å². The van der Waals surface area contributed by atoms with Gasteiger partial charge in [0.2, 0.25) is 0 Å². The predicted octanol–water partition coefficient (Wildman–Crippen LogP) is 1.33. The van der Waals surface area contributed by atoms with E-state index in [1.807, 2.05) is 24.4 Å². The molecule has 1 heterocycles. The van der Waals surface area contributed by atoms with Crippen LogP contribution in [0.15, 0.2) is 36.7 Å². The van der Waals surface area contributed by atoms with Crippen LogP contribution in [0.3, 0.4) is 0 Å².